The number of rotatable bonds is 5. The van der Waals surface area contributed by atoms with Gasteiger partial charge >= 0.3 is 0 Å². The molecule has 140 valence electrons. The number of tetrazole rings is 1. The number of carbonyl (C=O) groups is 1. The van der Waals surface area contributed by atoms with Crippen LogP contribution in [-0.4, -0.2) is 53.0 Å². The number of hydrogen-bond acceptors (Lipinski definition) is 8. The first-order valence-corrected chi connectivity index (χ1v) is 8.27. The maximum absolute atomic E-state index is 12.7. The van der Waals surface area contributed by atoms with Gasteiger partial charge in [-0.1, -0.05) is 11.6 Å². The molecule has 0 aliphatic rings. The normalized spacial score (nSPS) is 10.6. The summed E-state index contributed by atoms with van der Waals surface area (Å²) < 4.78 is 8.21. The van der Waals surface area contributed by atoms with Gasteiger partial charge in [0.15, 0.2) is 5.82 Å². The number of nitrogens with one attached hydrogen (secondary N) is 1. The molecular weight excluding hydrogens is 386 g/mol. The molecule has 0 radical (unpaired) electrons. The lowest BCUT2D eigenvalue weighted by atomic mass is 10.1. The van der Waals surface area contributed by atoms with E-state index < -0.39 is 5.91 Å². The SMILES string of the molecule is COc1cc(-n2cnnn2)c(Cl)cc1C(=O)Nc1ccc(-n2cncn2)nc1. The zero-order chi connectivity index (χ0) is 19.5. The number of carbonyl (C=O) groups excluding carboxylic acids is 1. The number of hydrogen-bond donors (Lipinski definition) is 1. The molecule has 4 aromatic rings. The van der Waals surface area contributed by atoms with Crippen LogP contribution in [0.15, 0.2) is 49.4 Å². The van der Waals surface area contributed by atoms with E-state index >= 15 is 0 Å². The smallest absolute Gasteiger partial charge is 0.259 e. The van der Waals surface area contributed by atoms with Crippen molar-refractivity contribution in [3.05, 3.63) is 60.0 Å². The van der Waals surface area contributed by atoms with Gasteiger partial charge in [-0.15, -0.1) is 5.10 Å². The van der Waals surface area contributed by atoms with Crippen molar-refractivity contribution in [2.75, 3.05) is 12.4 Å². The van der Waals surface area contributed by atoms with Crippen LogP contribution in [0.25, 0.3) is 11.5 Å². The maximum atomic E-state index is 12.7. The van der Waals surface area contributed by atoms with Crippen LogP contribution in [0.4, 0.5) is 5.69 Å². The highest BCUT2D eigenvalue weighted by Crippen LogP contribution is 2.29. The fourth-order valence-corrected chi connectivity index (χ4v) is 2.71. The van der Waals surface area contributed by atoms with E-state index in [1.54, 1.807) is 18.2 Å². The van der Waals surface area contributed by atoms with Crippen molar-refractivity contribution in [1.29, 1.82) is 0 Å². The Morgan fingerprint density at radius 2 is 2.11 bits per heavy atom. The molecule has 4 rings (SSSR count). The van der Waals surface area contributed by atoms with E-state index in [-0.39, 0.29) is 10.6 Å². The van der Waals surface area contributed by atoms with Gasteiger partial charge in [-0.25, -0.2) is 14.6 Å². The molecule has 0 aliphatic carbocycles. The van der Waals surface area contributed by atoms with Crippen LogP contribution in [0.5, 0.6) is 5.75 Å². The van der Waals surface area contributed by atoms with E-state index in [0.29, 0.717) is 22.9 Å². The lowest BCUT2D eigenvalue weighted by molar-refractivity contribution is 0.102. The third-order valence-corrected chi connectivity index (χ3v) is 4.07. The van der Waals surface area contributed by atoms with E-state index in [4.69, 9.17) is 16.3 Å². The van der Waals surface area contributed by atoms with Crippen molar-refractivity contribution in [3.63, 3.8) is 0 Å². The van der Waals surface area contributed by atoms with Gasteiger partial charge in [0, 0.05) is 6.07 Å². The van der Waals surface area contributed by atoms with Crippen molar-refractivity contribution in [2.45, 2.75) is 0 Å². The summed E-state index contributed by atoms with van der Waals surface area (Å²) in [5.41, 5.74) is 1.24. The minimum absolute atomic E-state index is 0.254. The van der Waals surface area contributed by atoms with Gasteiger partial charge in [0.2, 0.25) is 0 Å². The summed E-state index contributed by atoms with van der Waals surface area (Å²) in [6, 6.07) is 6.48. The summed E-state index contributed by atoms with van der Waals surface area (Å²) in [6.07, 6.45) is 5.84. The highest BCUT2D eigenvalue weighted by molar-refractivity contribution is 6.33. The molecule has 0 spiro atoms. The van der Waals surface area contributed by atoms with Crippen LogP contribution in [-0.2, 0) is 0 Å². The maximum Gasteiger partial charge on any atom is 0.259 e. The predicted molar refractivity (Wildman–Crippen MR) is 97.8 cm³/mol. The Labute approximate surface area is 162 Å². The van der Waals surface area contributed by atoms with Gasteiger partial charge < -0.3 is 10.1 Å². The van der Waals surface area contributed by atoms with Crippen LogP contribution in [0.3, 0.4) is 0 Å². The molecule has 0 atom stereocenters. The molecule has 1 amide bonds. The fourth-order valence-electron chi connectivity index (χ4n) is 2.46. The molecule has 28 heavy (non-hydrogen) atoms. The minimum Gasteiger partial charge on any atom is -0.496 e. The van der Waals surface area contributed by atoms with Gasteiger partial charge in [-0.3, -0.25) is 4.79 Å². The first kappa shape index (κ1) is 17.5. The first-order valence-electron chi connectivity index (χ1n) is 7.89. The molecular formula is C16H12ClN9O2. The van der Waals surface area contributed by atoms with Crippen LogP contribution in [0, 0.1) is 0 Å². The summed E-state index contributed by atoms with van der Waals surface area (Å²) in [7, 11) is 1.46. The van der Waals surface area contributed by atoms with Crippen molar-refractivity contribution < 1.29 is 9.53 Å². The molecule has 1 N–H and O–H groups in total. The van der Waals surface area contributed by atoms with Crippen LogP contribution < -0.4 is 10.1 Å². The number of aromatic nitrogens is 8. The van der Waals surface area contributed by atoms with E-state index in [1.165, 1.54) is 47.7 Å². The standard InChI is InChI=1S/C16H12ClN9O2/c1-28-14-5-13(25-9-20-23-24-25)12(17)4-11(14)16(27)22-10-2-3-15(19-6-10)26-8-18-7-21-26/h2-9H,1H3,(H,22,27). The minimum atomic E-state index is -0.405. The van der Waals surface area contributed by atoms with E-state index in [9.17, 15) is 4.79 Å². The van der Waals surface area contributed by atoms with Gasteiger partial charge in [0.25, 0.3) is 5.91 Å². The van der Waals surface area contributed by atoms with Crippen LogP contribution in [0.1, 0.15) is 10.4 Å². The number of pyridine rings is 1. The average Bonchev–Trinajstić information content (AvgIpc) is 3.42. The Bertz CT molecular complexity index is 1100. The third-order valence-electron chi connectivity index (χ3n) is 3.77. The Hall–Kier alpha value is -3.86. The Morgan fingerprint density at radius 1 is 1.21 bits per heavy atom. The molecule has 3 heterocycles. The largest absolute Gasteiger partial charge is 0.496 e. The Kier molecular flexibility index (Phi) is 4.64. The number of nitrogens with zero attached hydrogens (tertiary/aromatic N) is 8. The molecule has 0 saturated heterocycles. The number of halogens is 1. The summed E-state index contributed by atoms with van der Waals surface area (Å²) in [4.78, 5) is 20.8. The van der Waals surface area contributed by atoms with Gasteiger partial charge in [0.1, 0.15) is 24.7 Å². The summed E-state index contributed by atoms with van der Waals surface area (Å²) in [5, 5.41) is 18.0. The number of methoxy groups -OCH3 is 1. The zero-order valence-corrected chi connectivity index (χ0v) is 15.1. The van der Waals surface area contributed by atoms with Crippen molar-refractivity contribution >= 4 is 23.2 Å². The molecule has 3 aromatic heterocycles. The number of benzene rings is 1. The predicted octanol–water partition coefficient (Wildman–Crippen LogP) is 1.55. The topological polar surface area (TPSA) is 126 Å². The highest BCUT2D eigenvalue weighted by atomic mass is 35.5. The van der Waals surface area contributed by atoms with Crippen molar-refractivity contribution in [1.82, 2.24) is 40.0 Å². The fraction of sp³-hybridized carbons (Fsp3) is 0.0625. The second kappa shape index (κ2) is 7.40. The highest BCUT2D eigenvalue weighted by Gasteiger charge is 2.18. The molecule has 1 aromatic carbocycles. The van der Waals surface area contributed by atoms with E-state index in [2.05, 4.69) is 35.9 Å². The monoisotopic (exact) mass is 397 g/mol. The molecule has 0 saturated carbocycles. The molecule has 12 heteroatoms. The van der Waals surface area contributed by atoms with Gasteiger partial charge in [0.05, 0.1) is 35.3 Å². The lowest BCUT2D eigenvalue weighted by Crippen LogP contribution is -2.14. The third kappa shape index (κ3) is 3.38. The van der Waals surface area contributed by atoms with Crippen LogP contribution in [0.2, 0.25) is 5.02 Å². The Morgan fingerprint density at radius 3 is 2.75 bits per heavy atom. The molecule has 11 nitrogen and oxygen atoms in total. The number of ether oxygens (including phenoxy) is 1. The lowest BCUT2D eigenvalue weighted by Gasteiger charge is -2.12. The quantitative estimate of drug-likeness (QED) is 0.537. The Balaban J connectivity index is 1.58. The number of amides is 1. The zero-order valence-electron chi connectivity index (χ0n) is 14.4. The van der Waals surface area contributed by atoms with E-state index in [0.717, 1.165) is 0 Å². The number of anilines is 1. The van der Waals surface area contributed by atoms with Gasteiger partial charge in [-0.2, -0.15) is 9.78 Å². The van der Waals surface area contributed by atoms with E-state index in [1.807, 2.05) is 0 Å². The second-order valence-corrected chi connectivity index (χ2v) is 5.86. The summed E-state index contributed by atoms with van der Waals surface area (Å²) in [6.45, 7) is 0. The molecule has 0 unspecified atom stereocenters. The van der Waals surface area contributed by atoms with Crippen molar-refractivity contribution in [3.8, 4) is 17.3 Å². The second-order valence-electron chi connectivity index (χ2n) is 5.46. The molecule has 0 aliphatic heterocycles. The van der Waals surface area contributed by atoms with Crippen LogP contribution >= 0.6 is 11.6 Å². The van der Waals surface area contributed by atoms with Gasteiger partial charge in [-0.05, 0) is 28.6 Å². The average molecular weight is 398 g/mol. The summed E-state index contributed by atoms with van der Waals surface area (Å²) in [5.74, 6) is 0.485. The molecule has 0 bridgehead atoms. The molecule has 0 fully saturated rings. The summed E-state index contributed by atoms with van der Waals surface area (Å²) >= 11 is 6.29. The van der Waals surface area contributed by atoms with Crippen molar-refractivity contribution in [2.24, 2.45) is 0 Å². The first-order chi connectivity index (χ1) is 13.7.